The first-order valence-corrected chi connectivity index (χ1v) is 13.1. The molecule has 9 heteroatoms. The molecule has 1 spiro atoms. The van der Waals surface area contributed by atoms with Crippen LogP contribution in [0.2, 0.25) is 0 Å². The average molecular weight is 515 g/mol. The molecule has 2 amide bonds. The molecule has 3 fully saturated rings. The molecular weight excluding hydrogens is 476 g/mol. The van der Waals surface area contributed by atoms with Crippen molar-refractivity contribution in [2.45, 2.75) is 63.2 Å². The average Bonchev–Trinajstić information content (AvgIpc) is 3.46. The Morgan fingerprint density at radius 2 is 1.97 bits per heavy atom. The highest BCUT2D eigenvalue weighted by Crippen LogP contribution is 2.63. The maximum atomic E-state index is 14.4. The van der Waals surface area contributed by atoms with Crippen LogP contribution in [0, 0.1) is 11.8 Å². The van der Waals surface area contributed by atoms with Crippen molar-refractivity contribution in [2.24, 2.45) is 11.8 Å². The Kier molecular flexibility index (Phi) is 7.94. The molecule has 2 unspecified atom stereocenters. The molecule has 3 aliphatic rings. The number of carbonyl (C=O) groups excluding carboxylic acids is 3. The minimum Gasteiger partial charge on any atom is -0.497 e. The summed E-state index contributed by atoms with van der Waals surface area (Å²) in [6, 6.07) is 6.27. The molecule has 1 aromatic carbocycles. The summed E-state index contributed by atoms with van der Waals surface area (Å²) in [5.74, 6) is -1.83. The molecule has 37 heavy (non-hydrogen) atoms. The standard InChI is InChI=1S/C28H38N2O7/c1-5-16-29(19-10-12-20(35-4)13-11-19)25(33)23-28-15-14-27(3,37-28)22(26(34)36-6-2)21(28)24(32)30(23)17-8-7-9-18-31/h5,10-13,21-23,31H,1,6-9,14-18H2,2-4H3/t21-,22+,23?,27-,28?/m0/s1. The normalized spacial score (nSPS) is 29.8. The zero-order valence-corrected chi connectivity index (χ0v) is 22.0. The lowest BCUT2D eigenvalue weighted by molar-refractivity contribution is -0.159. The molecule has 1 N–H and O–H groups in total. The number of benzene rings is 1. The summed E-state index contributed by atoms with van der Waals surface area (Å²) in [6.07, 6.45) is 4.67. The minimum atomic E-state index is -1.11. The van der Waals surface area contributed by atoms with E-state index in [4.69, 9.17) is 14.2 Å². The predicted molar refractivity (Wildman–Crippen MR) is 137 cm³/mol. The molecule has 0 radical (unpaired) electrons. The number of rotatable bonds is 12. The molecule has 4 rings (SSSR count). The molecule has 9 nitrogen and oxygen atoms in total. The molecule has 3 aliphatic heterocycles. The van der Waals surface area contributed by atoms with Gasteiger partial charge in [-0.2, -0.15) is 0 Å². The van der Waals surface area contributed by atoms with Crippen LogP contribution >= 0.6 is 0 Å². The highest BCUT2D eigenvalue weighted by atomic mass is 16.6. The Morgan fingerprint density at radius 1 is 1.24 bits per heavy atom. The van der Waals surface area contributed by atoms with E-state index in [1.165, 1.54) is 0 Å². The topological polar surface area (TPSA) is 106 Å². The zero-order chi connectivity index (χ0) is 26.8. The van der Waals surface area contributed by atoms with Crippen LogP contribution in [0.1, 0.15) is 46.0 Å². The number of anilines is 1. The lowest BCUT2D eigenvalue weighted by Crippen LogP contribution is -2.56. The van der Waals surface area contributed by atoms with E-state index in [0.717, 1.165) is 0 Å². The fourth-order valence-electron chi connectivity index (χ4n) is 6.47. The Balaban J connectivity index is 1.74. The number of esters is 1. The van der Waals surface area contributed by atoms with Crippen molar-refractivity contribution in [3.05, 3.63) is 36.9 Å². The summed E-state index contributed by atoms with van der Waals surface area (Å²) >= 11 is 0. The molecule has 3 saturated heterocycles. The van der Waals surface area contributed by atoms with Crippen molar-refractivity contribution >= 4 is 23.5 Å². The van der Waals surface area contributed by atoms with Crippen LogP contribution in [0.3, 0.4) is 0 Å². The van der Waals surface area contributed by atoms with Crippen molar-refractivity contribution in [3.8, 4) is 5.75 Å². The van der Waals surface area contributed by atoms with E-state index in [1.807, 2.05) is 6.92 Å². The maximum absolute atomic E-state index is 14.4. The Morgan fingerprint density at radius 3 is 2.59 bits per heavy atom. The second kappa shape index (κ2) is 10.8. The molecule has 0 aliphatic carbocycles. The maximum Gasteiger partial charge on any atom is 0.312 e. The van der Waals surface area contributed by atoms with Crippen LogP contribution in [0.5, 0.6) is 5.75 Å². The van der Waals surface area contributed by atoms with Crippen molar-refractivity contribution in [3.63, 3.8) is 0 Å². The van der Waals surface area contributed by atoms with Crippen LogP contribution in [0.25, 0.3) is 0 Å². The number of hydrogen-bond donors (Lipinski definition) is 1. The van der Waals surface area contributed by atoms with Gasteiger partial charge in [-0.1, -0.05) is 6.08 Å². The third-order valence-corrected chi connectivity index (χ3v) is 8.07. The molecule has 3 heterocycles. The number of amides is 2. The highest BCUT2D eigenvalue weighted by Gasteiger charge is 2.78. The van der Waals surface area contributed by atoms with Crippen LogP contribution < -0.4 is 9.64 Å². The highest BCUT2D eigenvalue weighted by molar-refractivity contribution is 6.04. The molecule has 2 bridgehead atoms. The summed E-state index contributed by atoms with van der Waals surface area (Å²) < 4.78 is 17.3. The summed E-state index contributed by atoms with van der Waals surface area (Å²) in [7, 11) is 1.58. The molecule has 202 valence electrons. The van der Waals surface area contributed by atoms with E-state index in [2.05, 4.69) is 6.58 Å². The van der Waals surface area contributed by atoms with Crippen molar-refractivity contribution in [1.82, 2.24) is 4.90 Å². The number of likely N-dealkylation sites (tertiary alicyclic amines) is 1. The summed E-state index contributed by atoms with van der Waals surface area (Å²) in [6.45, 7) is 8.29. The minimum absolute atomic E-state index is 0.0693. The van der Waals surface area contributed by atoms with E-state index in [-0.39, 0.29) is 31.6 Å². The van der Waals surface area contributed by atoms with Crippen molar-refractivity contribution in [1.29, 1.82) is 0 Å². The Bertz CT molecular complexity index is 1030. The van der Waals surface area contributed by atoms with Gasteiger partial charge in [0.25, 0.3) is 5.91 Å². The third kappa shape index (κ3) is 4.52. The number of carbonyl (C=O) groups is 3. The number of ether oxygens (including phenoxy) is 3. The number of nitrogens with zero attached hydrogens (tertiary/aromatic N) is 2. The molecule has 1 aromatic rings. The number of hydrogen-bond acceptors (Lipinski definition) is 7. The Labute approximate surface area is 218 Å². The fourth-order valence-corrected chi connectivity index (χ4v) is 6.47. The first-order chi connectivity index (χ1) is 17.8. The van der Waals surface area contributed by atoms with Gasteiger partial charge < -0.3 is 29.1 Å². The van der Waals surface area contributed by atoms with E-state index < -0.39 is 35.0 Å². The second-order valence-electron chi connectivity index (χ2n) is 10.2. The van der Waals surface area contributed by atoms with Gasteiger partial charge in [0.2, 0.25) is 5.91 Å². The van der Waals surface area contributed by atoms with Crippen LogP contribution in [0.4, 0.5) is 5.69 Å². The van der Waals surface area contributed by atoms with Gasteiger partial charge in [0.05, 0.1) is 25.2 Å². The van der Waals surface area contributed by atoms with Crippen molar-refractivity contribution < 1.29 is 33.7 Å². The van der Waals surface area contributed by atoms with E-state index >= 15 is 0 Å². The zero-order valence-electron chi connectivity index (χ0n) is 22.0. The quantitative estimate of drug-likeness (QED) is 0.260. The summed E-state index contributed by atoms with van der Waals surface area (Å²) in [4.78, 5) is 44.7. The van der Waals surface area contributed by atoms with Crippen molar-refractivity contribution in [2.75, 3.05) is 38.3 Å². The third-order valence-electron chi connectivity index (χ3n) is 8.07. The first-order valence-electron chi connectivity index (χ1n) is 13.1. The molecule has 0 saturated carbocycles. The molecular formula is C28H38N2O7. The largest absolute Gasteiger partial charge is 0.497 e. The van der Waals surface area contributed by atoms with Gasteiger partial charge in [-0.3, -0.25) is 14.4 Å². The monoisotopic (exact) mass is 514 g/mol. The predicted octanol–water partition coefficient (Wildman–Crippen LogP) is 2.70. The molecule has 0 aromatic heterocycles. The van der Waals surface area contributed by atoms with Crippen LogP contribution in [-0.2, 0) is 23.9 Å². The first kappa shape index (κ1) is 27.1. The summed E-state index contributed by atoms with van der Waals surface area (Å²) in [5.41, 5.74) is -1.32. The van der Waals surface area contributed by atoms with Gasteiger partial charge in [-0.15, -0.1) is 6.58 Å². The van der Waals surface area contributed by atoms with Crippen LogP contribution in [-0.4, -0.2) is 78.4 Å². The number of methoxy groups -OCH3 is 1. The van der Waals surface area contributed by atoms with Gasteiger partial charge in [-0.25, -0.2) is 0 Å². The second-order valence-corrected chi connectivity index (χ2v) is 10.2. The lowest BCUT2D eigenvalue weighted by Gasteiger charge is -2.37. The molecule has 5 atom stereocenters. The van der Waals surface area contributed by atoms with Gasteiger partial charge in [0, 0.05) is 25.4 Å². The number of fused-ring (bicyclic) bond motifs is 1. The van der Waals surface area contributed by atoms with Gasteiger partial charge in [0.15, 0.2) is 0 Å². The number of aliphatic hydroxyl groups is 1. The number of unbranched alkanes of at least 4 members (excludes halogenated alkanes) is 2. The van der Waals surface area contributed by atoms with E-state index in [1.54, 1.807) is 54.2 Å². The Hall–Kier alpha value is -2.91. The van der Waals surface area contributed by atoms with Gasteiger partial charge in [-0.05, 0) is 70.2 Å². The number of aliphatic hydroxyl groups excluding tert-OH is 1. The van der Waals surface area contributed by atoms with Gasteiger partial charge in [0.1, 0.15) is 23.3 Å². The SMILES string of the molecule is C=CCN(C(=O)C1N(CCCCCO)C(=O)[C@@H]2[C@H](C(=O)OCC)[C@]3(C)CCC12O3)c1ccc(OC)cc1. The van der Waals surface area contributed by atoms with Gasteiger partial charge >= 0.3 is 5.97 Å². The summed E-state index contributed by atoms with van der Waals surface area (Å²) in [5, 5.41) is 9.21. The van der Waals surface area contributed by atoms with E-state index in [0.29, 0.717) is 50.1 Å². The van der Waals surface area contributed by atoms with E-state index in [9.17, 15) is 19.5 Å². The lowest BCUT2D eigenvalue weighted by atomic mass is 9.66. The van der Waals surface area contributed by atoms with Crippen LogP contribution in [0.15, 0.2) is 36.9 Å². The smallest absolute Gasteiger partial charge is 0.312 e. The fraction of sp³-hybridized carbons (Fsp3) is 0.607.